The van der Waals surface area contributed by atoms with Gasteiger partial charge in [0.05, 0.1) is 19.9 Å². The van der Waals surface area contributed by atoms with Crippen LogP contribution in [0.2, 0.25) is 0 Å². The molecule has 1 amide bonds. The Morgan fingerprint density at radius 3 is 2.48 bits per heavy atom. The molecule has 0 aliphatic heterocycles. The monoisotopic (exact) mass is 291 g/mol. The third-order valence-corrected chi connectivity index (χ3v) is 2.68. The van der Waals surface area contributed by atoms with Crippen LogP contribution < -0.4 is 19.5 Å². The molecule has 0 saturated carbocycles. The second-order valence-corrected chi connectivity index (χ2v) is 4.01. The molecule has 0 radical (unpaired) electrons. The van der Waals surface area contributed by atoms with E-state index in [0.717, 1.165) is 0 Å². The molecule has 0 fully saturated rings. The first-order chi connectivity index (χ1) is 10.1. The van der Waals surface area contributed by atoms with E-state index in [2.05, 4.69) is 5.32 Å². The van der Waals surface area contributed by atoms with E-state index < -0.39 is 11.9 Å². The number of hydrogen-bond acceptors (Lipinski definition) is 4. The Morgan fingerprint density at radius 1 is 1.05 bits per heavy atom. The molecule has 0 saturated heterocycles. The predicted octanol–water partition coefficient (Wildman–Crippen LogP) is 3.45. The van der Waals surface area contributed by atoms with Gasteiger partial charge in [0.1, 0.15) is 11.5 Å². The van der Waals surface area contributed by atoms with Crippen molar-refractivity contribution in [2.75, 3.05) is 19.5 Å². The molecule has 2 aromatic carbocycles. The van der Waals surface area contributed by atoms with Crippen molar-refractivity contribution in [1.29, 1.82) is 0 Å². The Bertz CT molecular complexity index is 645. The van der Waals surface area contributed by atoms with E-state index in [1.54, 1.807) is 24.3 Å². The molecule has 0 atom stereocenters. The van der Waals surface area contributed by atoms with Crippen molar-refractivity contribution in [3.05, 3.63) is 48.3 Å². The highest BCUT2D eigenvalue weighted by atomic mass is 19.1. The summed E-state index contributed by atoms with van der Waals surface area (Å²) in [5.41, 5.74) is 0.389. The number of methoxy groups -OCH3 is 2. The van der Waals surface area contributed by atoms with E-state index in [0.29, 0.717) is 17.2 Å². The largest absolute Gasteiger partial charge is 0.497 e. The fraction of sp³-hybridized carbons (Fsp3) is 0.133. The van der Waals surface area contributed by atoms with E-state index in [4.69, 9.17) is 14.2 Å². The molecule has 5 nitrogen and oxygen atoms in total. The van der Waals surface area contributed by atoms with Crippen molar-refractivity contribution in [2.45, 2.75) is 0 Å². The van der Waals surface area contributed by atoms with Crippen LogP contribution in [0.15, 0.2) is 42.5 Å². The number of hydrogen-bond donors (Lipinski definition) is 1. The van der Waals surface area contributed by atoms with Crippen LogP contribution in [0.4, 0.5) is 14.9 Å². The van der Waals surface area contributed by atoms with Crippen LogP contribution in [0.5, 0.6) is 17.2 Å². The number of para-hydroxylation sites is 1. The lowest BCUT2D eigenvalue weighted by Crippen LogP contribution is -2.17. The minimum absolute atomic E-state index is 0.150. The lowest BCUT2D eigenvalue weighted by atomic mass is 10.2. The van der Waals surface area contributed by atoms with E-state index in [9.17, 15) is 9.18 Å². The summed E-state index contributed by atoms with van der Waals surface area (Å²) in [7, 11) is 2.98. The van der Waals surface area contributed by atoms with Crippen molar-refractivity contribution in [1.82, 2.24) is 0 Å². The molecule has 0 aliphatic carbocycles. The number of nitrogens with one attached hydrogen (secondary N) is 1. The molecule has 2 aromatic rings. The van der Waals surface area contributed by atoms with Crippen molar-refractivity contribution in [3.63, 3.8) is 0 Å². The van der Waals surface area contributed by atoms with Gasteiger partial charge in [-0.1, -0.05) is 12.1 Å². The first-order valence-electron chi connectivity index (χ1n) is 6.09. The highest BCUT2D eigenvalue weighted by Crippen LogP contribution is 2.29. The van der Waals surface area contributed by atoms with Crippen molar-refractivity contribution < 1.29 is 23.4 Å². The number of amides is 1. The maximum Gasteiger partial charge on any atom is 0.417 e. The molecular formula is C15H14FNO4. The first kappa shape index (κ1) is 14.6. The number of anilines is 1. The number of carbonyl (C=O) groups excluding carboxylic acids is 1. The summed E-state index contributed by atoms with van der Waals surface area (Å²) in [4.78, 5) is 11.8. The number of carbonyl (C=O) groups is 1. The topological polar surface area (TPSA) is 56.8 Å². The highest BCUT2D eigenvalue weighted by Gasteiger charge is 2.12. The van der Waals surface area contributed by atoms with E-state index in [1.807, 2.05) is 0 Å². The molecule has 2 rings (SSSR count). The van der Waals surface area contributed by atoms with Gasteiger partial charge in [-0.15, -0.1) is 0 Å². The molecule has 0 bridgehead atoms. The molecule has 0 aromatic heterocycles. The molecule has 0 spiro atoms. The van der Waals surface area contributed by atoms with Gasteiger partial charge in [-0.25, -0.2) is 9.18 Å². The first-order valence-corrected chi connectivity index (χ1v) is 6.09. The van der Waals surface area contributed by atoms with Crippen molar-refractivity contribution in [2.24, 2.45) is 0 Å². The van der Waals surface area contributed by atoms with Crippen molar-refractivity contribution >= 4 is 11.8 Å². The molecule has 0 unspecified atom stereocenters. The third-order valence-electron chi connectivity index (χ3n) is 2.68. The smallest absolute Gasteiger partial charge is 0.417 e. The average molecular weight is 291 g/mol. The Morgan fingerprint density at radius 2 is 1.81 bits per heavy atom. The van der Waals surface area contributed by atoms with Gasteiger partial charge in [-0.2, -0.15) is 0 Å². The summed E-state index contributed by atoms with van der Waals surface area (Å²) in [5.74, 6) is 0.219. The van der Waals surface area contributed by atoms with Gasteiger partial charge in [0.2, 0.25) is 0 Å². The third kappa shape index (κ3) is 3.62. The Balaban J connectivity index is 2.11. The summed E-state index contributed by atoms with van der Waals surface area (Å²) in [6.45, 7) is 0. The van der Waals surface area contributed by atoms with Gasteiger partial charge < -0.3 is 14.2 Å². The number of halogens is 1. The maximum absolute atomic E-state index is 13.4. The molecule has 0 heterocycles. The van der Waals surface area contributed by atoms with Gasteiger partial charge in [0, 0.05) is 6.07 Å². The van der Waals surface area contributed by atoms with Crippen LogP contribution in [0.3, 0.4) is 0 Å². The van der Waals surface area contributed by atoms with Gasteiger partial charge >= 0.3 is 6.09 Å². The van der Waals surface area contributed by atoms with E-state index in [-0.39, 0.29) is 5.75 Å². The quantitative estimate of drug-likeness (QED) is 0.937. The number of ether oxygens (including phenoxy) is 3. The van der Waals surface area contributed by atoms with Gasteiger partial charge in [0.25, 0.3) is 0 Å². The fourth-order valence-corrected chi connectivity index (χ4v) is 1.66. The van der Waals surface area contributed by atoms with Gasteiger partial charge in [0.15, 0.2) is 11.6 Å². The maximum atomic E-state index is 13.4. The Labute approximate surface area is 121 Å². The predicted molar refractivity (Wildman–Crippen MR) is 75.6 cm³/mol. The zero-order chi connectivity index (χ0) is 15.2. The molecule has 1 N–H and O–H groups in total. The summed E-state index contributed by atoms with van der Waals surface area (Å²) in [6.07, 6.45) is -0.816. The standard InChI is InChI=1S/C15H14FNO4/c1-19-10-7-8-12(14(9-10)20-2)17-15(18)21-13-6-4-3-5-11(13)16/h3-9H,1-2H3,(H,17,18). The lowest BCUT2D eigenvalue weighted by molar-refractivity contribution is 0.213. The Kier molecular flexibility index (Phi) is 4.61. The summed E-state index contributed by atoms with van der Waals surface area (Å²) >= 11 is 0. The zero-order valence-corrected chi connectivity index (χ0v) is 11.6. The van der Waals surface area contributed by atoms with E-state index >= 15 is 0 Å². The van der Waals surface area contributed by atoms with Crippen LogP contribution in [-0.2, 0) is 0 Å². The minimum Gasteiger partial charge on any atom is -0.497 e. The normalized spacial score (nSPS) is 9.86. The lowest BCUT2D eigenvalue weighted by Gasteiger charge is -2.11. The molecule has 0 aliphatic rings. The SMILES string of the molecule is COc1ccc(NC(=O)Oc2ccccc2F)c(OC)c1. The molecule has 110 valence electrons. The van der Waals surface area contributed by atoms with Crippen LogP contribution in [-0.4, -0.2) is 20.3 Å². The van der Waals surface area contributed by atoms with E-state index in [1.165, 1.54) is 32.4 Å². The highest BCUT2D eigenvalue weighted by molar-refractivity contribution is 5.88. The fourth-order valence-electron chi connectivity index (χ4n) is 1.66. The number of benzene rings is 2. The average Bonchev–Trinajstić information content (AvgIpc) is 2.50. The summed E-state index contributed by atoms with van der Waals surface area (Å²) in [5, 5.41) is 2.48. The molecule has 21 heavy (non-hydrogen) atoms. The van der Waals surface area contributed by atoms with Crippen molar-refractivity contribution in [3.8, 4) is 17.2 Å². The van der Waals surface area contributed by atoms with Gasteiger partial charge in [-0.3, -0.25) is 5.32 Å². The summed E-state index contributed by atoms with van der Waals surface area (Å²) < 4.78 is 28.5. The minimum atomic E-state index is -0.816. The van der Waals surface area contributed by atoms with Crippen LogP contribution in [0.25, 0.3) is 0 Å². The molecular weight excluding hydrogens is 277 g/mol. The number of rotatable bonds is 4. The van der Waals surface area contributed by atoms with Crippen LogP contribution >= 0.6 is 0 Å². The summed E-state index contributed by atoms with van der Waals surface area (Å²) in [6, 6.07) is 10.5. The second-order valence-electron chi connectivity index (χ2n) is 4.01. The second kappa shape index (κ2) is 6.60. The van der Waals surface area contributed by atoms with Crippen LogP contribution in [0, 0.1) is 5.82 Å². The zero-order valence-electron chi connectivity index (χ0n) is 11.6. The van der Waals surface area contributed by atoms with Gasteiger partial charge in [-0.05, 0) is 24.3 Å². The molecule has 6 heteroatoms. The Hall–Kier alpha value is -2.76. The van der Waals surface area contributed by atoms with Crippen LogP contribution in [0.1, 0.15) is 0 Å².